The zero-order valence-electron chi connectivity index (χ0n) is 9.56. The van der Waals surface area contributed by atoms with Crippen molar-refractivity contribution in [2.24, 2.45) is 0 Å². The Morgan fingerprint density at radius 2 is 2.24 bits per heavy atom. The van der Waals surface area contributed by atoms with Crippen LogP contribution in [0.2, 0.25) is 0 Å². The van der Waals surface area contributed by atoms with Crippen molar-refractivity contribution in [2.75, 3.05) is 5.32 Å². The van der Waals surface area contributed by atoms with Gasteiger partial charge in [0, 0.05) is 6.07 Å². The quantitative estimate of drug-likeness (QED) is 0.859. The van der Waals surface area contributed by atoms with Crippen molar-refractivity contribution in [3.63, 3.8) is 0 Å². The summed E-state index contributed by atoms with van der Waals surface area (Å²) in [4.78, 5) is 0. The molecule has 0 radical (unpaired) electrons. The molecule has 0 aliphatic carbocycles. The van der Waals surface area contributed by atoms with E-state index in [1.54, 1.807) is 6.07 Å². The molecule has 6 heteroatoms. The van der Waals surface area contributed by atoms with Crippen LogP contribution in [-0.4, -0.2) is 15.4 Å². The van der Waals surface area contributed by atoms with Gasteiger partial charge in [0.1, 0.15) is 23.6 Å². The molecule has 0 fully saturated rings. The van der Waals surface area contributed by atoms with Crippen molar-refractivity contribution in [1.82, 2.24) is 15.4 Å². The van der Waals surface area contributed by atoms with Gasteiger partial charge in [-0.2, -0.15) is 10.4 Å². The maximum absolute atomic E-state index is 9.09. The Morgan fingerprint density at radius 1 is 1.41 bits per heavy atom. The largest absolute Gasteiger partial charge is 0.364 e. The third kappa shape index (κ3) is 2.23. The average molecular weight is 229 g/mol. The van der Waals surface area contributed by atoms with Crippen molar-refractivity contribution in [3.05, 3.63) is 34.8 Å². The minimum atomic E-state index is 0.447. The number of aryl methyl sites for hydroxylation is 1. The first kappa shape index (κ1) is 11.1. The smallest absolute Gasteiger partial charge is 0.167 e. The fraction of sp³-hybridized carbons (Fsp3) is 0.273. The van der Waals surface area contributed by atoms with E-state index in [2.05, 4.69) is 26.7 Å². The summed E-state index contributed by atoms with van der Waals surface area (Å²) in [5.41, 5.74) is 2.86. The van der Waals surface area contributed by atoms with Crippen LogP contribution in [0.5, 0.6) is 0 Å². The first-order valence-electron chi connectivity index (χ1n) is 5.09. The van der Waals surface area contributed by atoms with Crippen LogP contribution < -0.4 is 5.32 Å². The highest BCUT2D eigenvalue weighted by atomic mass is 16.5. The highest BCUT2D eigenvalue weighted by Gasteiger charge is 2.10. The molecule has 2 rings (SSSR count). The van der Waals surface area contributed by atoms with Crippen LogP contribution in [0.3, 0.4) is 0 Å². The summed E-state index contributed by atoms with van der Waals surface area (Å²) in [5, 5.41) is 23.8. The summed E-state index contributed by atoms with van der Waals surface area (Å²) in [6.45, 7) is 4.12. The van der Waals surface area contributed by atoms with E-state index >= 15 is 0 Å². The number of nitrogens with zero attached hydrogens (tertiary/aromatic N) is 4. The van der Waals surface area contributed by atoms with Crippen LogP contribution in [0.25, 0.3) is 0 Å². The van der Waals surface area contributed by atoms with Crippen molar-refractivity contribution < 1.29 is 4.52 Å². The Balaban J connectivity index is 2.22. The number of rotatable bonds is 3. The van der Waals surface area contributed by atoms with Crippen LogP contribution in [0.4, 0.5) is 5.82 Å². The summed E-state index contributed by atoms with van der Waals surface area (Å²) < 4.78 is 4.71. The molecule has 0 amide bonds. The van der Waals surface area contributed by atoms with Crippen LogP contribution in [0, 0.1) is 25.2 Å². The molecule has 2 heterocycles. The molecule has 0 aliphatic rings. The highest BCUT2D eigenvalue weighted by Crippen LogP contribution is 2.17. The Bertz CT molecular complexity index is 556. The van der Waals surface area contributed by atoms with Gasteiger partial charge < -0.3 is 9.84 Å². The lowest BCUT2D eigenvalue weighted by molar-refractivity contribution is 0.412. The van der Waals surface area contributed by atoms with Gasteiger partial charge in [-0.15, -0.1) is 5.10 Å². The van der Waals surface area contributed by atoms with Crippen molar-refractivity contribution in [2.45, 2.75) is 20.4 Å². The monoisotopic (exact) mass is 229 g/mol. The molecule has 86 valence electrons. The fourth-order valence-corrected chi connectivity index (χ4v) is 1.37. The lowest BCUT2D eigenvalue weighted by Crippen LogP contribution is -2.07. The van der Waals surface area contributed by atoms with Crippen LogP contribution in [0.15, 0.2) is 16.9 Å². The molecule has 0 aromatic carbocycles. The standard InChI is InChI=1S/C11H11N5O/c1-7-8(2)14-15-11(10(7)5-12)13-6-9-3-4-17-16-9/h3-4H,6H2,1-2H3,(H,13,15). The van der Waals surface area contributed by atoms with Crippen molar-refractivity contribution in [1.29, 1.82) is 5.26 Å². The second kappa shape index (κ2) is 4.61. The van der Waals surface area contributed by atoms with Gasteiger partial charge in [0.2, 0.25) is 0 Å². The van der Waals surface area contributed by atoms with E-state index < -0.39 is 0 Å². The van der Waals surface area contributed by atoms with E-state index in [0.29, 0.717) is 17.9 Å². The first-order valence-corrected chi connectivity index (χ1v) is 5.09. The van der Waals surface area contributed by atoms with Gasteiger partial charge in [-0.3, -0.25) is 0 Å². The number of hydrogen-bond donors (Lipinski definition) is 1. The first-order chi connectivity index (χ1) is 8.22. The SMILES string of the molecule is Cc1nnc(NCc2ccon2)c(C#N)c1C. The van der Waals surface area contributed by atoms with Gasteiger partial charge >= 0.3 is 0 Å². The van der Waals surface area contributed by atoms with Crippen molar-refractivity contribution >= 4 is 5.82 Å². The van der Waals surface area contributed by atoms with Gasteiger partial charge in [-0.25, -0.2) is 0 Å². The van der Waals surface area contributed by atoms with Gasteiger partial charge in [-0.1, -0.05) is 5.16 Å². The average Bonchev–Trinajstić information content (AvgIpc) is 2.83. The van der Waals surface area contributed by atoms with E-state index in [-0.39, 0.29) is 0 Å². The molecule has 0 spiro atoms. The maximum atomic E-state index is 9.09. The van der Waals surface area contributed by atoms with E-state index in [4.69, 9.17) is 9.78 Å². The summed E-state index contributed by atoms with van der Waals surface area (Å²) in [7, 11) is 0. The maximum Gasteiger partial charge on any atom is 0.167 e. The van der Waals surface area contributed by atoms with Gasteiger partial charge in [0.15, 0.2) is 5.82 Å². The van der Waals surface area contributed by atoms with Gasteiger partial charge in [-0.05, 0) is 19.4 Å². The highest BCUT2D eigenvalue weighted by molar-refractivity contribution is 5.55. The molecule has 2 aromatic heterocycles. The zero-order chi connectivity index (χ0) is 12.3. The van der Waals surface area contributed by atoms with Gasteiger partial charge in [0.05, 0.1) is 12.2 Å². The number of hydrogen-bond acceptors (Lipinski definition) is 6. The predicted molar refractivity (Wildman–Crippen MR) is 60.1 cm³/mol. The summed E-state index contributed by atoms with van der Waals surface area (Å²) in [6.07, 6.45) is 1.49. The van der Waals surface area contributed by atoms with E-state index in [1.165, 1.54) is 6.26 Å². The number of nitrogens with one attached hydrogen (secondary N) is 1. The Kier molecular flexibility index (Phi) is 3.01. The zero-order valence-corrected chi connectivity index (χ0v) is 9.56. The molecule has 2 aromatic rings. The number of nitriles is 1. The molecule has 0 saturated heterocycles. The lowest BCUT2D eigenvalue weighted by atomic mass is 10.1. The van der Waals surface area contributed by atoms with Gasteiger partial charge in [0.25, 0.3) is 0 Å². The molecule has 0 atom stereocenters. The molecule has 0 unspecified atom stereocenters. The molecular formula is C11H11N5O. The minimum absolute atomic E-state index is 0.447. The normalized spacial score (nSPS) is 9.94. The molecule has 0 aliphatic heterocycles. The van der Waals surface area contributed by atoms with E-state index in [9.17, 15) is 0 Å². The topological polar surface area (TPSA) is 87.6 Å². The molecule has 0 saturated carbocycles. The lowest BCUT2D eigenvalue weighted by Gasteiger charge is -2.07. The van der Waals surface area contributed by atoms with Crippen LogP contribution >= 0.6 is 0 Å². The summed E-state index contributed by atoms with van der Waals surface area (Å²) in [6, 6.07) is 3.87. The third-order valence-corrected chi connectivity index (χ3v) is 2.49. The second-order valence-electron chi connectivity index (χ2n) is 3.59. The molecule has 1 N–H and O–H groups in total. The third-order valence-electron chi connectivity index (χ3n) is 2.49. The van der Waals surface area contributed by atoms with Crippen molar-refractivity contribution in [3.8, 4) is 6.07 Å². The Hall–Kier alpha value is -2.42. The Morgan fingerprint density at radius 3 is 2.88 bits per heavy atom. The minimum Gasteiger partial charge on any atom is -0.364 e. The number of anilines is 1. The van der Waals surface area contributed by atoms with Crippen LogP contribution in [0.1, 0.15) is 22.5 Å². The van der Waals surface area contributed by atoms with E-state index in [1.807, 2.05) is 13.8 Å². The molecule has 17 heavy (non-hydrogen) atoms. The summed E-state index contributed by atoms with van der Waals surface area (Å²) in [5.74, 6) is 0.471. The molecule has 0 bridgehead atoms. The van der Waals surface area contributed by atoms with E-state index in [0.717, 1.165) is 17.0 Å². The molecule has 6 nitrogen and oxygen atoms in total. The fourth-order valence-electron chi connectivity index (χ4n) is 1.37. The predicted octanol–water partition coefficient (Wildman–Crippen LogP) is 1.57. The molecular weight excluding hydrogens is 218 g/mol. The Labute approximate surface area is 98.3 Å². The number of aromatic nitrogens is 3. The summed E-state index contributed by atoms with van der Waals surface area (Å²) >= 11 is 0. The second-order valence-corrected chi connectivity index (χ2v) is 3.59. The van der Waals surface area contributed by atoms with Crippen LogP contribution in [-0.2, 0) is 6.54 Å².